The average Bonchev–Trinajstić information content (AvgIpc) is 3.27. The smallest absolute Gasteiger partial charge is 0.407 e. The number of amides is 2. The number of carbonyl (C=O) groups is 2. The van der Waals surface area contributed by atoms with Crippen molar-refractivity contribution in [2.75, 3.05) is 5.32 Å². The van der Waals surface area contributed by atoms with E-state index in [2.05, 4.69) is 25.8 Å². The van der Waals surface area contributed by atoms with Crippen molar-refractivity contribution in [3.8, 4) is 0 Å². The average molecular weight is 389 g/mol. The van der Waals surface area contributed by atoms with E-state index in [0.29, 0.717) is 17.5 Å². The molecule has 1 saturated carbocycles. The van der Waals surface area contributed by atoms with Gasteiger partial charge in [0.2, 0.25) is 11.8 Å². The van der Waals surface area contributed by atoms with Gasteiger partial charge >= 0.3 is 6.09 Å². The van der Waals surface area contributed by atoms with Crippen LogP contribution in [-0.4, -0.2) is 38.8 Å². The molecule has 3 N–H and O–H groups in total. The number of ether oxygens (including phenoxy) is 1. The van der Waals surface area contributed by atoms with Crippen LogP contribution < -0.4 is 10.6 Å². The molecule has 28 heavy (non-hydrogen) atoms. The van der Waals surface area contributed by atoms with Crippen molar-refractivity contribution in [2.24, 2.45) is 0 Å². The fourth-order valence-electron chi connectivity index (χ4n) is 3.23. The Hall–Kier alpha value is -2.84. The third-order valence-electron chi connectivity index (χ3n) is 4.42. The zero-order valence-electron chi connectivity index (χ0n) is 16.7. The standard InChI is InChI=1S/C19H27N5O4/c1-11-10-20-17(27-11)9-16(25)21-15-8-14(23-24-15)12-5-6-13(7-12)28-18(26)22-19(2,3)4/h8,10,12-13H,5-7,9H2,1-4H3,(H,22,26)(H2,21,23,24,25). The Balaban J connectivity index is 1.49. The molecule has 2 amide bonds. The van der Waals surface area contributed by atoms with Crippen molar-refractivity contribution >= 4 is 17.8 Å². The molecule has 2 aromatic heterocycles. The SMILES string of the molecule is Cc1cnc(CC(=O)Nc2cc(C3CCC(OC(=O)NC(C)(C)C)C3)[nH]n2)o1. The van der Waals surface area contributed by atoms with Crippen molar-refractivity contribution in [1.29, 1.82) is 0 Å². The number of nitrogens with zero attached hydrogens (tertiary/aromatic N) is 2. The molecule has 1 aliphatic rings. The third-order valence-corrected chi connectivity index (χ3v) is 4.42. The highest BCUT2D eigenvalue weighted by Crippen LogP contribution is 2.35. The van der Waals surface area contributed by atoms with Crippen LogP contribution in [0.1, 0.15) is 63.3 Å². The van der Waals surface area contributed by atoms with Crippen LogP contribution in [0.2, 0.25) is 0 Å². The summed E-state index contributed by atoms with van der Waals surface area (Å²) in [7, 11) is 0. The Labute approximate surface area is 163 Å². The van der Waals surface area contributed by atoms with E-state index in [0.717, 1.165) is 25.0 Å². The minimum atomic E-state index is -0.391. The number of anilines is 1. The summed E-state index contributed by atoms with van der Waals surface area (Å²) in [5.74, 6) is 1.46. The number of H-pyrrole nitrogens is 1. The molecule has 2 aromatic rings. The molecule has 9 heteroatoms. The number of aromatic nitrogens is 3. The van der Waals surface area contributed by atoms with Gasteiger partial charge in [-0.1, -0.05) is 0 Å². The summed E-state index contributed by atoms with van der Waals surface area (Å²) < 4.78 is 10.8. The first-order chi connectivity index (χ1) is 13.2. The Kier molecular flexibility index (Phi) is 5.71. The number of aryl methyl sites for hydroxylation is 1. The number of hydrogen-bond donors (Lipinski definition) is 3. The number of rotatable bonds is 5. The van der Waals surface area contributed by atoms with E-state index < -0.39 is 6.09 Å². The highest BCUT2D eigenvalue weighted by Gasteiger charge is 2.30. The van der Waals surface area contributed by atoms with Crippen LogP contribution in [0.5, 0.6) is 0 Å². The van der Waals surface area contributed by atoms with Gasteiger partial charge in [-0.25, -0.2) is 9.78 Å². The maximum atomic E-state index is 12.1. The van der Waals surface area contributed by atoms with E-state index in [1.54, 1.807) is 13.1 Å². The Morgan fingerprint density at radius 1 is 1.36 bits per heavy atom. The lowest BCUT2D eigenvalue weighted by molar-refractivity contribution is -0.115. The van der Waals surface area contributed by atoms with Crippen molar-refractivity contribution in [2.45, 2.75) is 70.9 Å². The van der Waals surface area contributed by atoms with Gasteiger partial charge in [0, 0.05) is 23.2 Å². The van der Waals surface area contributed by atoms with Gasteiger partial charge in [0.25, 0.3) is 0 Å². The maximum absolute atomic E-state index is 12.1. The summed E-state index contributed by atoms with van der Waals surface area (Å²) in [6, 6.07) is 1.82. The highest BCUT2D eigenvalue weighted by molar-refractivity contribution is 5.90. The van der Waals surface area contributed by atoms with Crippen molar-refractivity contribution in [1.82, 2.24) is 20.5 Å². The fraction of sp³-hybridized carbons (Fsp3) is 0.579. The number of oxazole rings is 1. The van der Waals surface area contributed by atoms with Gasteiger partial charge in [-0.3, -0.25) is 9.89 Å². The van der Waals surface area contributed by atoms with Crippen molar-refractivity contribution in [3.05, 3.63) is 29.6 Å². The molecule has 3 rings (SSSR count). The molecule has 0 radical (unpaired) electrons. The molecule has 1 fully saturated rings. The van der Waals surface area contributed by atoms with Crippen molar-refractivity contribution in [3.63, 3.8) is 0 Å². The number of alkyl carbamates (subject to hydrolysis) is 1. The molecule has 2 unspecified atom stereocenters. The number of nitrogens with one attached hydrogen (secondary N) is 3. The second-order valence-electron chi connectivity index (χ2n) is 8.21. The van der Waals surface area contributed by atoms with E-state index in [1.807, 2.05) is 26.8 Å². The summed E-state index contributed by atoms with van der Waals surface area (Å²) in [5.41, 5.74) is 0.597. The predicted molar refractivity (Wildman–Crippen MR) is 102 cm³/mol. The van der Waals surface area contributed by atoms with Crippen LogP contribution in [-0.2, 0) is 16.0 Å². The van der Waals surface area contributed by atoms with Gasteiger partial charge in [-0.15, -0.1) is 0 Å². The van der Waals surface area contributed by atoms with Crippen LogP contribution in [0.4, 0.5) is 10.6 Å². The Bertz CT molecular complexity index is 835. The lowest BCUT2D eigenvalue weighted by Gasteiger charge is -2.22. The zero-order chi connectivity index (χ0) is 20.3. The summed E-state index contributed by atoms with van der Waals surface area (Å²) >= 11 is 0. The van der Waals surface area contributed by atoms with E-state index in [1.165, 1.54) is 0 Å². The van der Waals surface area contributed by atoms with Gasteiger partial charge in [0.1, 0.15) is 18.3 Å². The molecule has 152 valence electrons. The molecule has 2 atom stereocenters. The topological polar surface area (TPSA) is 122 Å². The normalized spacial score (nSPS) is 19.4. The quantitative estimate of drug-likeness (QED) is 0.722. The summed E-state index contributed by atoms with van der Waals surface area (Å²) in [6.45, 7) is 7.51. The van der Waals surface area contributed by atoms with Gasteiger partial charge in [0.15, 0.2) is 5.82 Å². The second kappa shape index (κ2) is 8.04. The second-order valence-corrected chi connectivity index (χ2v) is 8.21. The molecule has 9 nitrogen and oxygen atoms in total. The Morgan fingerprint density at radius 2 is 2.14 bits per heavy atom. The molecular weight excluding hydrogens is 362 g/mol. The summed E-state index contributed by atoms with van der Waals surface area (Å²) in [5, 5.41) is 12.7. The van der Waals surface area contributed by atoms with Crippen LogP contribution in [0.3, 0.4) is 0 Å². The largest absolute Gasteiger partial charge is 0.446 e. The fourth-order valence-corrected chi connectivity index (χ4v) is 3.23. The van der Waals surface area contributed by atoms with Gasteiger partial charge in [-0.05, 0) is 47.0 Å². The monoisotopic (exact) mass is 389 g/mol. The van der Waals surface area contributed by atoms with Gasteiger partial charge in [-0.2, -0.15) is 5.10 Å². The molecule has 0 spiro atoms. The highest BCUT2D eigenvalue weighted by atomic mass is 16.6. The number of hydrogen-bond acceptors (Lipinski definition) is 6. The van der Waals surface area contributed by atoms with Gasteiger partial charge in [0.05, 0.1) is 6.20 Å². The minimum absolute atomic E-state index is 0.0538. The number of carbonyl (C=O) groups excluding carboxylic acids is 2. The first kappa shape index (κ1) is 19.9. The first-order valence-corrected chi connectivity index (χ1v) is 9.43. The summed E-state index contributed by atoms with van der Waals surface area (Å²) in [6.07, 6.45) is 3.53. The van der Waals surface area contributed by atoms with Crippen LogP contribution >= 0.6 is 0 Å². The molecule has 0 aromatic carbocycles. The van der Waals surface area contributed by atoms with Gasteiger partial charge < -0.3 is 19.8 Å². The first-order valence-electron chi connectivity index (χ1n) is 9.43. The van der Waals surface area contributed by atoms with E-state index >= 15 is 0 Å². The Morgan fingerprint density at radius 3 is 2.82 bits per heavy atom. The van der Waals surface area contributed by atoms with E-state index in [-0.39, 0.29) is 29.9 Å². The molecular formula is C19H27N5O4. The zero-order valence-corrected chi connectivity index (χ0v) is 16.7. The summed E-state index contributed by atoms with van der Waals surface area (Å²) in [4.78, 5) is 28.0. The molecule has 2 heterocycles. The predicted octanol–water partition coefficient (Wildman–Crippen LogP) is 3.05. The van der Waals surface area contributed by atoms with Crippen LogP contribution in [0, 0.1) is 6.92 Å². The molecule has 0 aliphatic heterocycles. The van der Waals surface area contributed by atoms with Crippen LogP contribution in [0.25, 0.3) is 0 Å². The minimum Gasteiger partial charge on any atom is -0.446 e. The molecule has 1 aliphatic carbocycles. The third kappa shape index (κ3) is 5.58. The van der Waals surface area contributed by atoms with Crippen molar-refractivity contribution < 1.29 is 18.7 Å². The molecule has 0 bridgehead atoms. The van der Waals surface area contributed by atoms with E-state index in [9.17, 15) is 9.59 Å². The van der Waals surface area contributed by atoms with E-state index in [4.69, 9.17) is 9.15 Å². The number of aromatic amines is 1. The van der Waals surface area contributed by atoms with Crippen LogP contribution in [0.15, 0.2) is 16.7 Å². The lowest BCUT2D eigenvalue weighted by atomic mass is 10.0. The lowest BCUT2D eigenvalue weighted by Crippen LogP contribution is -2.42. The maximum Gasteiger partial charge on any atom is 0.407 e. The molecule has 0 saturated heterocycles.